The highest BCUT2D eigenvalue weighted by Crippen LogP contribution is 2.24. The van der Waals surface area contributed by atoms with Crippen molar-refractivity contribution in [3.05, 3.63) is 36.0 Å². The van der Waals surface area contributed by atoms with Crippen molar-refractivity contribution >= 4 is 22.8 Å². The molecule has 1 fully saturated rings. The van der Waals surface area contributed by atoms with Gasteiger partial charge in [0, 0.05) is 49.6 Å². The number of hydrogen-bond donors (Lipinski definition) is 1. The smallest absolute Gasteiger partial charge is 0.303 e. The van der Waals surface area contributed by atoms with Crippen molar-refractivity contribution in [1.82, 2.24) is 9.47 Å². The summed E-state index contributed by atoms with van der Waals surface area (Å²) in [6.45, 7) is 0.763. The Morgan fingerprint density at radius 3 is 2.80 bits per heavy atom. The molecule has 2 heterocycles. The fourth-order valence-electron chi connectivity index (χ4n) is 3.93. The van der Waals surface area contributed by atoms with Gasteiger partial charge in [-0.3, -0.25) is 9.59 Å². The van der Waals surface area contributed by atoms with Gasteiger partial charge in [0.15, 0.2) is 0 Å². The lowest BCUT2D eigenvalue weighted by molar-refractivity contribution is -0.140. The fourth-order valence-corrected chi connectivity index (χ4v) is 3.93. The number of carbonyl (C=O) groups excluding carboxylic acids is 1. The van der Waals surface area contributed by atoms with Gasteiger partial charge in [-0.2, -0.15) is 0 Å². The normalized spacial score (nSPS) is 17.8. The summed E-state index contributed by atoms with van der Waals surface area (Å²) >= 11 is 0. The zero-order valence-corrected chi connectivity index (χ0v) is 14.8. The molecule has 1 aromatic heterocycles. The number of para-hydroxylation sites is 1. The lowest BCUT2D eigenvalue weighted by Crippen LogP contribution is -2.44. The summed E-state index contributed by atoms with van der Waals surface area (Å²) in [5.74, 6) is -0.628. The molecule has 1 amide bonds. The van der Waals surface area contributed by atoms with Gasteiger partial charge in [-0.05, 0) is 43.7 Å². The van der Waals surface area contributed by atoms with Crippen LogP contribution in [0.3, 0.4) is 0 Å². The van der Waals surface area contributed by atoms with Crippen LogP contribution in [0.15, 0.2) is 30.5 Å². The Bertz CT molecular complexity index is 765. The quantitative estimate of drug-likeness (QED) is 0.875. The Hall–Kier alpha value is -2.30. The molecule has 0 spiro atoms. The first-order valence-corrected chi connectivity index (χ1v) is 9.10. The van der Waals surface area contributed by atoms with Gasteiger partial charge in [0.1, 0.15) is 0 Å². The number of aromatic nitrogens is 1. The maximum absolute atomic E-state index is 12.7. The summed E-state index contributed by atoms with van der Waals surface area (Å²) in [7, 11) is 2.03. The minimum absolute atomic E-state index is 0.0878. The number of amides is 1. The molecule has 2 aromatic rings. The van der Waals surface area contributed by atoms with Crippen LogP contribution in [-0.2, 0) is 23.1 Å². The summed E-state index contributed by atoms with van der Waals surface area (Å²) in [6, 6.07) is 8.34. The highest BCUT2D eigenvalue weighted by molar-refractivity contribution is 5.85. The van der Waals surface area contributed by atoms with Crippen LogP contribution in [0.4, 0.5) is 0 Å². The number of carbonyl (C=O) groups is 2. The van der Waals surface area contributed by atoms with E-state index in [1.54, 1.807) is 0 Å². The molecule has 1 aliphatic rings. The largest absolute Gasteiger partial charge is 0.481 e. The van der Waals surface area contributed by atoms with Crippen LogP contribution in [0.2, 0.25) is 0 Å². The van der Waals surface area contributed by atoms with E-state index in [4.69, 9.17) is 5.11 Å². The van der Waals surface area contributed by atoms with E-state index in [-0.39, 0.29) is 18.4 Å². The lowest BCUT2D eigenvalue weighted by Gasteiger charge is -2.35. The highest BCUT2D eigenvalue weighted by Gasteiger charge is 2.26. The molecule has 5 nitrogen and oxygen atoms in total. The van der Waals surface area contributed by atoms with Crippen LogP contribution in [0, 0.1) is 0 Å². The molecule has 1 atom stereocenters. The molecule has 1 aliphatic heterocycles. The molecular formula is C20H26N2O3. The van der Waals surface area contributed by atoms with E-state index in [0.717, 1.165) is 32.2 Å². The summed E-state index contributed by atoms with van der Waals surface area (Å²) in [4.78, 5) is 25.5. The number of piperidine rings is 1. The number of aryl methyl sites for hydroxylation is 2. The summed E-state index contributed by atoms with van der Waals surface area (Å²) in [6.07, 6.45) is 7.04. The van der Waals surface area contributed by atoms with Crippen LogP contribution in [-0.4, -0.2) is 39.0 Å². The Kier molecular flexibility index (Phi) is 5.41. The monoisotopic (exact) mass is 342 g/mol. The van der Waals surface area contributed by atoms with Crippen molar-refractivity contribution in [3.63, 3.8) is 0 Å². The third-order valence-corrected chi connectivity index (χ3v) is 5.23. The summed E-state index contributed by atoms with van der Waals surface area (Å²) in [5.41, 5.74) is 2.38. The zero-order valence-electron chi connectivity index (χ0n) is 14.8. The van der Waals surface area contributed by atoms with Gasteiger partial charge in [0.25, 0.3) is 0 Å². The molecule has 25 heavy (non-hydrogen) atoms. The molecule has 0 radical (unpaired) electrons. The maximum atomic E-state index is 12.7. The lowest BCUT2D eigenvalue weighted by atomic mass is 9.97. The number of likely N-dealkylation sites (tertiary alicyclic amines) is 1. The molecule has 3 rings (SSSR count). The number of aliphatic carboxylic acids is 1. The van der Waals surface area contributed by atoms with E-state index in [1.807, 2.05) is 24.1 Å². The summed E-state index contributed by atoms with van der Waals surface area (Å²) < 4.78 is 2.10. The number of carboxylic acid groups (broad SMARTS) is 1. The third-order valence-electron chi connectivity index (χ3n) is 5.23. The minimum atomic E-state index is -0.784. The number of hydrogen-bond acceptors (Lipinski definition) is 2. The first-order chi connectivity index (χ1) is 12.1. The Labute approximate surface area is 148 Å². The highest BCUT2D eigenvalue weighted by atomic mass is 16.4. The SMILES string of the molecule is Cn1cc(CCC(=O)N2CCCC[C@@H]2CCC(=O)O)c2ccccc21. The summed E-state index contributed by atoms with van der Waals surface area (Å²) in [5, 5.41) is 10.1. The van der Waals surface area contributed by atoms with Gasteiger partial charge < -0.3 is 14.6 Å². The topological polar surface area (TPSA) is 62.5 Å². The van der Waals surface area contributed by atoms with Gasteiger partial charge in [-0.25, -0.2) is 0 Å². The van der Waals surface area contributed by atoms with Crippen LogP contribution in [0.25, 0.3) is 10.9 Å². The maximum Gasteiger partial charge on any atom is 0.303 e. The van der Waals surface area contributed by atoms with Crippen LogP contribution in [0.1, 0.15) is 44.1 Å². The fraction of sp³-hybridized carbons (Fsp3) is 0.500. The molecule has 134 valence electrons. The van der Waals surface area contributed by atoms with Gasteiger partial charge in [-0.15, -0.1) is 0 Å². The number of rotatable bonds is 6. The minimum Gasteiger partial charge on any atom is -0.481 e. The molecule has 0 aliphatic carbocycles. The Morgan fingerprint density at radius 2 is 2.00 bits per heavy atom. The van der Waals surface area contributed by atoms with E-state index >= 15 is 0 Å². The number of nitrogens with zero attached hydrogens (tertiary/aromatic N) is 2. The number of benzene rings is 1. The van der Waals surface area contributed by atoms with Crippen LogP contribution >= 0.6 is 0 Å². The number of carboxylic acids is 1. The molecular weight excluding hydrogens is 316 g/mol. The molecule has 1 aromatic carbocycles. The van der Waals surface area contributed by atoms with Crippen molar-refractivity contribution in [2.75, 3.05) is 6.54 Å². The first kappa shape index (κ1) is 17.5. The Balaban J connectivity index is 1.65. The van der Waals surface area contributed by atoms with Crippen molar-refractivity contribution in [2.24, 2.45) is 7.05 Å². The van der Waals surface area contributed by atoms with Crippen molar-refractivity contribution in [3.8, 4) is 0 Å². The standard InChI is InChI=1S/C20H26N2O3/c1-21-14-15(17-7-2-3-8-18(17)21)9-11-19(23)22-13-5-4-6-16(22)10-12-20(24)25/h2-3,7-8,14,16H,4-6,9-13H2,1H3,(H,24,25)/t16-/m1/s1. The van der Waals surface area contributed by atoms with Crippen LogP contribution in [0.5, 0.6) is 0 Å². The Morgan fingerprint density at radius 1 is 1.20 bits per heavy atom. The molecule has 5 heteroatoms. The third kappa shape index (κ3) is 4.03. The first-order valence-electron chi connectivity index (χ1n) is 9.10. The van der Waals surface area contributed by atoms with E-state index in [2.05, 4.69) is 22.9 Å². The van der Waals surface area contributed by atoms with Crippen molar-refractivity contribution < 1.29 is 14.7 Å². The van der Waals surface area contributed by atoms with Gasteiger partial charge in [0.2, 0.25) is 5.91 Å². The molecule has 0 unspecified atom stereocenters. The average molecular weight is 342 g/mol. The van der Waals surface area contributed by atoms with Gasteiger partial charge in [0.05, 0.1) is 0 Å². The van der Waals surface area contributed by atoms with Gasteiger partial charge in [-0.1, -0.05) is 18.2 Å². The second-order valence-corrected chi connectivity index (χ2v) is 6.95. The van der Waals surface area contributed by atoms with E-state index in [1.165, 1.54) is 16.5 Å². The van der Waals surface area contributed by atoms with E-state index in [9.17, 15) is 9.59 Å². The number of fused-ring (bicyclic) bond motifs is 1. The van der Waals surface area contributed by atoms with E-state index in [0.29, 0.717) is 12.8 Å². The van der Waals surface area contributed by atoms with Crippen molar-refractivity contribution in [2.45, 2.75) is 51.0 Å². The zero-order chi connectivity index (χ0) is 17.8. The van der Waals surface area contributed by atoms with E-state index < -0.39 is 5.97 Å². The second kappa shape index (κ2) is 7.72. The predicted octanol–water partition coefficient (Wildman–Crippen LogP) is 3.36. The van der Waals surface area contributed by atoms with Gasteiger partial charge >= 0.3 is 5.97 Å². The molecule has 0 bridgehead atoms. The average Bonchev–Trinajstić information content (AvgIpc) is 2.94. The second-order valence-electron chi connectivity index (χ2n) is 6.95. The van der Waals surface area contributed by atoms with Crippen molar-refractivity contribution in [1.29, 1.82) is 0 Å². The molecule has 0 saturated carbocycles. The molecule has 1 saturated heterocycles. The predicted molar refractivity (Wildman–Crippen MR) is 97.5 cm³/mol. The van der Waals surface area contributed by atoms with Crippen LogP contribution < -0.4 is 0 Å². The molecule has 1 N–H and O–H groups in total.